The van der Waals surface area contributed by atoms with E-state index in [1.807, 2.05) is 17.5 Å². The van der Waals surface area contributed by atoms with Crippen molar-refractivity contribution < 1.29 is 13.9 Å². The molecule has 0 aliphatic heterocycles. The van der Waals surface area contributed by atoms with E-state index in [0.29, 0.717) is 19.7 Å². The van der Waals surface area contributed by atoms with Gasteiger partial charge in [0.05, 0.1) is 24.9 Å². The summed E-state index contributed by atoms with van der Waals surface area (Å²) in [5.74, 6) is -0.957. The molecule has 0 aromatic carbocycles. The van der Waals surface area contributed by atoms with Gasteiger partial charge in [0, 0.05) is 24.7 Å². The highest BCUT2D eigenvalue weighted by molar-refractivity contribution is 7.09. The number of pyridine rings is 1. The van der Waals surface area contributed by atoms with Crippen LogP contribution in [0.3, 0.4) is 0 Å². The van der Waals surface area contributed by atoms with Crippen molar-refractivity contribution in [3.8, 4) is 0 Å². The summed E-state index contributed by atoms with van der Waals surface area (Å²) in [5, 5.41) is 1.95. The summed E-state index contributed by atoms with van der Waals surface area (Å²) >= 11 is 1.56. The monoisotopic (exact) mass is 294 g/mol. The van der Waals surface area contributed by atoms with Crippen LogP contribution in [0.15, 0.2) is 36.0 Å². The molecule has 0 aliphatic rings. The summed E-state index contributed by atoms with van der Waals surface area (Å²) in [6.45, 7) is 1.26. The quantitative estimate of drug-likeness (QED) is 0.822. The molecule has 2 aromatic rings. The predicted molar refractivity (Wildman–Crippen MR) is 75.1 cm³/mol. The first kappa shape index (κ1) is 14.6. The number of halogens is 1. The van der Waals surface area contributed by atoms with E-state index in [0.717, 1.165) is 11.1 Å². The lowest BCUT2D eigenvalue weighted by atomic mass is 10.2. The van der Waals surface area contributed by atoms with Gasteiger partial charge in [0.1, 0.15) is 0 Å². The molecule has 20 heavy (non-hydrogen) atoms. The number of aromatic nitrogens is 1. The summed E-state index contributed by atoms with van der Waals surface area (Å²) in [6.07, 6.45) is 2.46. The molecule has 2 rings (SSSR count). The first-order valence-electron chi connectivity index (χ1n) is 6.12. The number of nitrogens with zero attached hydrogens (tertiary/aromatic N) is 2. The Bertz CT molecular complexity index is 560. The highest BCUT2D eigenvalue weighted by atomic mass is 32.1. The second-order valence-corrected chi connectivity index (χ2v) is 5.19. The Labute approximate surface area is 120 Å². The van der Waals surface area contributed by atoms with Crippen LogP contribution in [0, 0.1) is 5.82 Å². The van der Waals surface area contributed by atoms with Crippen LogP contribution >= 0.6 is 11.3 Å². The largest absolute Gasteiger partial charge is 0.383 e. The van der Waals surface area contributed by atoms with E-state index in [1.165, 1.54) is 12.3 Å². The van der Waals surface area contributed by atoms with Gasteiger partial charge in [0.15, 0.2) is 5.82 Å². The number of amides is 1. The van der Waals surface area contributed by atoms with Gasteiger partial charge in [0.25, 0.3) is 5.91 Å². The van der Waals surface area contributed by atoms with Crippen molar-refractivity contribution in [3.05, 3.63) is 52.2 Å². The molecular formula is C14H15FN2O2S. The molecule has 0 radical (unpaired) electrons. The van der Waals surface area contributed by atoms with Gasteiger partial charge in [-0.25, -0.2) is 4.39 Å². The zero-order chi connectivity index (χ0) is 14.4. The zero-order valence-corrected chi connectivity index (χ0v) is 11.9. The lowest BCUT2D eigenvalue weighted by Gasteiger charge is -2.22. The van der Waals surface area contributed by atoms with E-state index in [9.17, 15) is 9.18 Å². The van der Waals surface area contributed by atoms with E-state index in [2.05, 4.69) is 4.98 Å². The molecule has 106 valence electrons. The number of carbonyl (C=O) groups is 1. The minimum absolute atomic E-state index is 0.0349. The summed E-state index contributed by atoms with van der Waals surface area (Å²) in [5.41, 5.74) is 0.0349. The van der Waals surface area contributed by atoms with Gasteiger partial charge in [-0.2, -0.15) is 0 Å². The predicted octanol–water partition coefficient (Wildman–Crippen LogP) is 2.57. The van der Waals surface area contributed by atoms with Crippen LogP contribution in [-0.4, -0.2) is 36.1 Å². The van der Waals surface area contributed by atoms with Crippen LogP contribution in [0.4, 0.5) is 4.39 Å². The van der Waals surface area contributed by atoms with Gasteiger partial charge in [-0.15, -0.1) is 11.3 Å². The van der Waals surface area contributed by atoms with Crippen molar-refractivity contribution in [2.75, 3.05) is 20.3 Å². The summed E-state index contributed by atoms with van der Waals surface area (Å²) in [6, 6.07) is 5.26. The minimum atomic E-state index is -0.605. The SMILES string of the molecule is COCCN(Cc1cccs1)C(=O)c1ccncc1F. The van der Waals surface area contributed by atoms with Crippen molar-refractivity contribution in [2.24, 2.45) is 0 Å². The molecule has 0 saturated heterocycles. The fraction of sp³-hybridized carbons (Fsp3) is 0.286. The Balaban J connectivity index is 2.17. The maximum absolute atomic E-state index is 13.7. The second-order valence-electron chi connectivity index (χ2n) is 4.15. The average molecular weight is 294 g/mol. The van der Waals surface area contributed by atoms with Crippen molar-refractivity contribution in [1.82, 2.24) is 9.88 Å². The van der Waals surface area contributed by atoms with Gasteiger partial charge < -0.3 is 9.64 Å². The number of hydrogen-bond acceptors (Lipinski definition) is 4. The van der Waals surface area contributed by atoms with E-state index in [-0.39, 0.29) is 11.5 Å². The van der Waals surface area contributed by atoms with Gasteiger partial charge in [0.2, 0.25) is 0 Å². The molecule has 0 spiro atoms. The molecule has 0 atom stereocenters. The zero-order valence-electron chi connectivity index (χ0n) is 11.1. The summed E-state index contributed by atoms with van der Waals surface area (Å²) in [7, 11) is 1.57. The first-order chi connectivity index (χ1) is 9.72. The smallest absolute Gasteiger partial charge is 0.257 e. The van der Waals surface area contributed by atoms with Crippen LogP contribution in [-0.2, 0) is 11.3 Å². The van der Waals surface area contributed by atoms with Crippen molar-refractivity contribution in [1.29, 1.82) is 0 Å². The molecule has 0 fully saturated rings. The van der Waals surface area contributed by atoms with E-state index in [4.69, 9.17) is 4.74 Å². The molecule has 0 aliphatic carbocycles. The number of thiophene rings is 1. The van der Waals surface area contributed by atoms with Crippen LogP contribution in [0.25, 0.3) is 0 Å². The Morgan fingerprint density at radius 3 is 3.00 bits per heavy atom. The van der Waals surface area contributed by atoms with E-state index >= 15 is 0 Å². The molecule has 0 saturated carbocycles. The molecular weight excluding hydrogens is 279 g/mol. The molecule has 0 bridgehead atoms. The maximum atomic E-state index is 13.7. The first-order valence-corrected chi connectivity index (χ1v) is 7.00. The number of carbonyl (C=O) groups excluding carboxylic acids is 1. The Hall–Kier alpha value is -1.79. The standard InChI is InChI=1S/C14H15FN2O2S/c1-19-7-6-17(10-11-3-2-8-20-11)14(18)12-4-5-16-9-13(12)15/h2-5,8-9H,6-7,10H2,1H3. The number of rotatable bonds is 6. The third kappa shape index (κ3) is 3.61. The molecule has 1 amide bonds. The third-order valence-corrected chi connectivity index (χ3v) is 3.64. The van der Waals surface area contributed by atoms with Gasteiger partial charge in [-0.05, 0) is 17.5 Å². The Kier molecular flexibility index (Phi) is 5.20. The Morgan fingerprint density at radius 2 is 2.35 bits per heavy atom. The molecule has 2 aromatic heterocycles. The molecule has 6 heteroatoms. The fourth-order valence-corrected chi connectivity index (χ4v) is 2.48. The minimum Gasteiger partial charge on any atom is -0.383 e. The van der Waals surface area contributed by atoms with Crippen LogP contribution in [0.1, 0.15) is 15.2 Å². The lowest BCUT2D eigenvalue weighted by Crippen LogP contribution is -2.33. The van der Waals surface area contributed by atoms with Crippen molar-refractivity contribution in [3.63, 3.8) is 0 Å². The van der Waals surface area contributed by atoms with Crippen molar-refractivity contribution >= 4 is 17.2 Å². The second kappa shape index (κ2) is 7.12. The third-order valence-electron chi connectivity index (χ3n) is 2.78. The lowest BCUT2D eigenvalue weighted by molar-refractivity contribution is 0.0677. The highest BCUT2D eigenvalue weighted by Gasteiger charge is 2.19. The normalized spacial score (nSPS) is 10.5. The summed E-state index contributed by atoms with van der Waals surface area (Å²) < 4.78 is 18.7. The molecule has 0 unspecified atom stereocenters. The van der Waals surface area contributed by atoms with Gasteiger partial charge in [-0.3, -0.25) is 9.78 Å². The van der Waals surface area contributed by atoms with Gasteiger partial charge in [-0.1, -0.05) is 6.07 Å². The number of hydrogen-bond donors (Lipinski definition) is 0. The van der Waals surface area contributed by atoms with E-state index in [1.54, 1.807) is 23.3 Å². The van der Waals surface area contributed by atoms with Crippen LogP contribution < -0.4 is 0 Å². The fourth-order valence-electron chi connectivity index (χ4n) is 1.76. The molecule has 2 heterocycles. The molecule has 4 nitrogen and oxygen atoms in total. The number of methoxy groups -OCH3 is 1. The summed E-state index contributed by atoms with van der Waals surface area (Å²) in [4.78, 5) is 18.7. The topological polar surface area (TPSA) is 42.4 Å². The van der Waals surface area contributed by atoms with Crippen molar-refractivity contribution in [2.45, 2.75) is 6.54 Å². The van der Waals surface area contributed by atoms with Crippen LogP contribution in [0.5, 0.6) is 0 Å². The maximum Gasteiger partial charge on any atom is 0.257 e. The van der Waals surface area contributed by atoms with Gasteiger partial charge >= 0.3 is 0 Å². The molecule has 0 N–H and O–H groups in total. The highest BCUT2D eigenvalue weighted by Crippen LogP contribution is 2.15. The average Bonchev–Trinajstić information content (AvgIpc) is 2.96. The Morgan fingerprint density at radius 1 is 1.50 bits per heavy atom. The van der Waals surface area contributed by atoms with E-state index < -0.39 is 5.82 Å². The number of ether oxygens (including phenoxy) is 1. The van der Waals surface area contributed by atoms with Crippen LogP contribution in [0.2, 0.25) is 0 Å².